The van der Waals surface area contributed by atoms with Crippen molar-refractivity contribution in [2.45, 2.75) is 19.9 Å². The molecule has 0 saturated carbocycles. The summed E-state index contributed by atoms with van der Waals surface area (Å²) < 4.78 is 0. The van der Waals surface area contributed by atoms with Gasteiger partial charge in [-0.1, -0.05) is 13.8 Å². The van der Waals surface area contributed by atoms with Crippen LogP contribution in [0, 0.1) is 5.92 Å². The van der Waals surface area contributed by atoms with Gasteiger partial charge in [-0.25, -0.2) is 19.6 Å². The molecule has 3 N–H and O–H groups in total. The summed E-state index contributed by atoms with van der Waals surface area (Å²) in [5, 5.41) is 13.7. The molecule has 1 rings (SSSR count). The second kappa shape index (κ2) is 5.78. The molecule has 1 aromatic heterocycles. The van der Waals surface area contributed by atoms with Crippen LogP contribution in [0.2, 0.25) is 0 Å². The van der Waals surface area contributed by atoms with Crippen LogP contribution in [-0.4, -0.2) is 33.1 Å². The Labute approximate surface area is 98.3 Å². The zero-order valence-electron chi connectivity index (χ0n) is 9.54. The van der Waals surface area contributed by atoms with Crippen LogP contribution in [0.15, 0.2) is 18.7 Å². The van der Waals surface area contributed by atoms with E-state index < -0.39 is 18.0 Å². The van der Waals surface area contributed by atoms with E-state index in [0.717, 1.165) is 0 Å². The first-order chi connectivity index (χ1) is 8.00. The number of urea groups is 1. The Balaban J connectivity index is 2.57. The molecule has 0 saturated heterocycles. The fraction of sp³-hybridized carbons (Fsp3) is 0.400. The van der Waals surface area contributed by atoms with Crippen molar-refractivity contribution in [1.29, 1.82) is 0 Å². The highest BCUT2D eigenvalue weighted by Crippen LogP contribution is 2.04. The van der Waals surface area contributed by atoms with Crippen molar-refractivity contribution >= 4 is 17.7 Å². The summed E-state index contributed by atoms with van der Waals surface area (Å²) in [6, 6.07) is -1.53. The molecule has 0 radical (unpaired) electrons. The largest absolute Gasteiger partial charge is 0.480 e. The molecule has 1 heterocycles. The number of hydrogen-bond acceptors (Lipinski definition) is 4. The summed E-state index contributed by atoms with van der Waals surface area (Å²) >= 11 is 0. The van der Waals surface area contributed by atoms with Gasteiger partial charge in [0.1, 0.15) is 12.4 Å². The normalized spacial score (nSPS) is 11.9. The molecule has 0 bridgehead atoms. The van der Waals surface area contributed by atoms with Crippen molar-refractivity contribution in [3.05, 3.63) is 18.7 Å². The first kappa shape index (κ1) is 12.9. The van der Waals surface area contributed by atoms with Crippen LogP contribution in [0.25, 0.3) is 0 Å². The number of rotatable bonds is 4. The maximum atomic E-state index is 11.5. The number of nitrogens with zero attached hydrogens (tertiary/aromatic N) is 2. The van der Waals surface area contributed by atoms with E-state index in [9.17, 15) is 9.59 Å². The number of anilines is 1. The van der Waals surface area contributed by atoms with Gasteiger partial charge >= 0.3 is 12.0 Å². The highest BCUT2D eigenvalue weighted by Gasteiger charge is 2.23. The molecular formula is C10H14N4O3. The van der Waals surface area contributed by atoms with Crippen molar-refractivity contribution in [3.63, 3.8) is 0 Å². The summed E-state index contributed by atoms with van der Waals surface area (Å²) in [6.45, 7) is 3.43. The van der Waals surface area contributed by atoms with Crippen LogP contribution in [-0.2, 0) is 4.79 Å². The molecule has 0 aliphatic heterocycles. The number of carboxylic acids is 1. The van der Waals surface area contributed by atoms with E-state index in [0.29, 0.717) is 5.69 Å². The lowest BCUT2D eigenvalue weighted by Crippen LogP contribution is -2.46. The Kier molecular flexibility index (Phi) is 4.38. The van der Waals surface area contributed by atoms with Crippen LogP contribution in [0.1, 0.15) is 13.8 Å². The lowest BCUT2D eigenvalue weighted by atomic mass is 10.1. The average molecular weight is 238 g/mol. The van der Waals surface area contributed by atoms with Crippen LogP contribution in [0.3, 0.4) is 0 Å². The van der Waals surface area contributed by atoms with E-state index in [-0.39, 0.29) is 5.92 Å². The third kappa shape index (κ3) is 4.06. The van der Waals surface area contributed by atoms with E-state index in [4.69, 9.17) is 5.11 Å². The second-order valence-corrected chi connectivity index (χ2v) is 3.79. The minimum atomic E-state index is -1.07. The van der Waals surface area contributed by atoms with Crippen molar-refractivity contribution in [3.8, 4) is 0 Å². The summed E-state index contributed by atoms with van der Waals surface area (Å²) in [5.74, 6) is -1.27. The van der Waals surface area contributed by atoms with Gasteiger partial charge in [0.25, 0.3) is 0 Å². The second-order valence-electron chi connectivity index (χ2n) is 3.79. The van der Waals surface area contributed by atoms with Crippen molar-refractivity contribution in [2.75, 3.05) is 5.32 Å². The third-order valence-electron chi connectivity index (χ3n) is 2.04. The molecule has 7 nitrogen and oxygen atoms in total. The minimum Gasteiger partial charge on any atom is -0.480 e. The van der Waals surface area contributed by atoms with Gasteiger partial charge in [-0.05, 0) is 5.92 Å². The van der Waals surface area contributed by atoms with E-state index in [1.807, 2.05) is 0 Å². The lowest BCUT2D eigenvalue weighted by molar-refractivity contribution is -0.140. The first-order valence-corrected chi connectivity index (χ1v) is 5.06. The Bertz CT molecular complexity index is 394. The summed E-state index contributed by atoms with van der Waals surface area (Å²) in [6.07, 6.45) is 4.16. The van der Waals surface area contributed by atoms with Crippen LogP contribution >= 0.6 is 0 Å². The fourth-order valence-corrected chi connectivity index (χ4v) is 1.19. The Morgan fingerprint density at radius 2 is 1.88 bits per heavy atom. The molecule has 0 aliphatic rings. The molecule has 92 valence electrons. The number of aromatic nitrogens is 2. The third-order valence-corrected chi connectivity index (χ3v) is 2.04. The first-order valence-electron chi connectivity index (χ1n) is 5.06. The topological polar surface area (TPSA) is 104 Å². The maximum Gasteiger partial charge on any atom is 0.326 e. The summed E-state index contributed by atoms with van der Waals surface area (Å²) in [7, 11) is 0. The zero-order valence-corrected chi connectivity index (χ0v) is 9.54. The van der Waals surface area contributed by atoms with Crippen LogP contribution < -0.4 is 10.6 Å². The number of carboxylic acid groups (broad SMARTS) is 1. The minimum absolute atomic E-state index is 0.203. The van der Waals surface area contributed by atoms with E-state index in [2.05, 4.69) is 20.6 Å². The quantitative estimate of drug-likeness (QED) is 0.716. The van der Waals surface area contributed by atoms with Gasteiger partial charge in [0.2, 0.25) is 0 Å². The summed E-state index contributed by atoms with van der Waals surface area (Å²) in [5.41, 5.74) is 0.401. The lowest BCUT2D eigenvalue weighted by Gasteiger charge is -2.17. The number of carbonyl (C=O) groups is 2. The molecule has 7 heteroatoms. The predicted octanol–water partition coefficient (Wildman–Crippen LogP) is 0.707. The van der Waals surface area contributed by atoms with Crippen molar-refractivity contribution < 1.29 is 14.7 Å². The van der Waals surface area contributed by atoms with Crippen LogP contribution in [0.4, 0.5) is 10.5 Å². The maximum absolute atomic E-state index is 11.5. The Morgan fingerprint density at radius 1 is 1.29 bits per heavy atom. The molecule has 2 amide bonds. The van der Waals surface area contributed by atoms with Gasteiger partial charge in [0, 0.05) is 0 Å². The standard InChI is InChI=1S/C10H14N4O3/c1-6(2)8(9(15)16)14-10(17)13-7-3-11-5-12-4-7/h3-6,8H,1-2H3,(H,15,16)(H2,13,14,17)/t8-/m0/s1. The smallest absolute Gasteiger partial charge is 0.326 e. The average Bonchev–Trinajstić information content (AvgIpc) is 2.26. The molecule has 0 unspecified atom stereocenters. The number of amides is 2. The van der Waals surface area contributed by atoms with E-state index in [1.165, 1.54) is 18.7 Å². The number of aliphatic carboxylic acids is 1. The fourth-order valence-electron chi connectivity index (χ4n) is 1.19. The molecule has 0 spiro atoms. The summed E-state index contributed by atoms with van der Waals surface area (Å²) in [4.78, 5) is 29.8. The van der Waals surface area contributed by atoms with Gasteiger partial charge in [-0.2, -0.15) is 0 Å². The molecular weight excluding hydrogens is 224 g/mol. The van der Waals surface area contributed by atoms with Crippen molar-refractivity contribution in [1.82, 2.24) is 15.3 Å². The van der Waals surface area contributed by atoms with Crippen LogP contribution in [0.5, 0.6) is 0 Å². The van der Waals surface area contributed by atoms with Gasteiger partial charge in [-0.15, -0.1) is 0 Å². The molecule has 1 aromatic rings. The number of carbonyl (C=O) groups excluding carboxylic acids is 1. The van der Waals surface area contributed by atoms with Crippen molar-refractivity contribution in [2.24, 2.45) is 5.92 Å². The molecule has 0 aliphatic carbocycles. The monoisotopic (exact) mass is 238 g/mol. The zero-order chi connectivity index (χ0) is 12.8. The molecule has 17 heavy (non-hydrogen) atoms. The van der Waals surface area contributed by atoms with Gasteiger partial charge in [0.05, 0.1) is 18.1 Å². The van der Waals surface area contributed by atoms with E-state index >= 15 is 0 Å². The predicted molar refractivity (Wildman–Crippen MR) is 60.4 cm³/mol. The Hall–Kier alpha value is -2.18. The van der Waals surface area contributed by atoms with Gasteiger partial charge in [-0.3, -0.25) is 0 Å². The molecule has 0 fully saturated rings. The number of nitrogens with one attached hydrogen (secondary N) is 2. The Morgan fingerprint density at radius 3 is 2.35 bits per heavy atom. The molecule has 0 aromatic carbocycles. The highest BCUT2D eigenvalue weighted by atomic mass is 16.4. The SMILES string of the molecule is CC(C)[C@H](NC(=O)Nc1cncnc1)C(=O)O. The van der Waals surface area contributed by atoms with Gasteiger partial charge in [0.15, 0.2) is 0 Å². The van der Waals surface area contributed by atoms with E-state index in [1.54, 1.807) is 13.8 Å². The number of hydrogen-bond donors (Lipinski definition) is 3. The highest BCUT2D eigenvalue weighted by molar-refractivity contribution is 5.91. The van der Waals surface area contributed by atoms with Gasteiger partial charge < -0.3 is 15.7 Å². The molecule has 1 atom stereocenters.